The van der Waals surface area contributed by atoms with Crippen molar-refractivity contribution in [1.29, 1.82) is 0 Å². The Hall–Kier alpha value is -1.13. The van der Waals surface area contributed by atoms with Crippen molar-refractivity contribution in [3.05, 3.63) is 23.4 Å². The van der Waals surface area contributed by atoms with Crippen molar-refractivity contribution in [2.45, 2.75) is 52.9 Å². The number of aromatic nitrogens is 1. The summed E-state index contributed by atoms with van der Waals surface area (Å²) in [7, 11) is 0. The van der Waals surface area contributed by atoms with Gasteiger partial charge in [0.2, 0.25) is 0 Å². The second-order valence-electron chi connectivity index (χ2n) is 5.75. The SMILES string of the molecule is CCCNCc1ccc(N2C[C@@H](C)O[C@@H](C)C2)nc1C. The van der Waals surface area contributed by atoms with Crippen LogP contribution in [0.15, 0.2) is 12.1 Å². The summed E-state index contributed by atoms with van der Waals surface area (Å²) in [4.78, 5) is 7.10. The Bertz CT molecular complexity index is 426. The van der Waals surface area contributed by atoms with Crippen LogP contribution in [-0.4, -0.2) is 36.8 Å². The molecule has 1 aliphatic rings. The lowest BCUT2D eigenvalue weighted by atomic mass is 10.2. The molecule has 0 aliphatic carbocycles. The van der Waals surface area contributed by atoms with E-state index in [2.05, 4.69) is 50.0 Å². The van der Waals surface area contributed by atoms with Gasteiger partial charge in [-0.2, -0.15) is 0 Å². The van der Waals surface area contributed by atoms with Crippen molar-refractivity contribution in [2.24, 2.45) is 0 Å². The molecule has 0 aromatic carbocycles. The first-order valence-electron chi connectivity index (χ1n) is 7.67. The lowest BCUT2D eigenvalue weighted by Crippen LogP contribution is -2.45. The highest BCUT2D eigenvalue weighted by molar-refractivity contribution is 5.42. The molecule has 0 spiro atoms. The molecular formula is C16H27N3O. The van der Waals surface area contributed by atoms with Crippen LogP contribution < -0.4 is 10.2 Å². The normalized spacial score (nSPS) is 23.1. The molecule has 0 amide bonds. The number of nitrogens with zero attached hydrogens (tertiary/aromatic N) is 2. The summed E-state index contributed by atoms with van der Waals surface area (Å²) in [6, 6.07) is 4.34. The zero-order valence-electron chi connectivity index (χ0n) is 13.1. The van der Waals surface area contributed by atoms with E-state index in [1.54, 1.807) is 0 Å². The van der Waals surface area contributed by atoms with Crippen molar-refractivity contribution >= 4 is 5.82 Å². The van der Waals surface area contributed by atoms with Gasteiger partial charge in [0.1, 0.15) is 5.82 Å². The van der Waals surface area contributed by atoms with Crippen LogP contribution in [0.4, 0.5) is 5.82 Å². The molecule has 20 heavy (non-hydrogen) atoms. The molecule has 1 aliphatic heterocycles. The fourth-order valence-electron chi connectivity index (χ4n) is 2.70. The Morgan fingerprint density at radius 3 is 2.60 bits per heavy atom. The molecule has 0 bridgehead atoms. The fourth-order valence-corrected chi connectivity index (χ4v) is 2.70. The van der Waals surface area contributed by atoms with Gasteiger partial charge in [-0.15, -0.1) is 0 Å². The van der Waals surface area contributed by atoms with Crippen molar-refractivity contribution < 1.29 is 4.74 Å². The summed E-state index contributed by atoms with van der Waals surface area (Å²) in [6.07, 6.45) is 1.70. The summed E-state index contributed by atoms with van der Waals surface area (Å²) < 4.78 is 5.78. The Kier molecular flexibility index (Phi) is 5.38. The van der Waals surface area contributed by atoms with Gasteiger partial charge in [-0.3, -0.25) is 0 Å². The zero-order chi connectivity index (χ0) is 14.5. The number of nitrogens with one attached hydrogen (secondary N) is 1. The van der Waals surface area contributed by atoms with E-state index in [-0.39, 0.29) is 12.2 Å². The number of ether oxygens (including phenoxy) is 1. The van der Waals surface area contributed by atoms with Gasteiger partial charge < -0.3 is 15.0 Å². The van der Waals surface area contributed by atoms with Crippen LogP contribution >= 0.6 is 0 Å². The van der Waals surface area contributed by atoms with Crippen LogP contribution in [0.1, 0.15) is 38.4 Å². The predicted octanol–water partition coefficient (Wildman–Crippen LogP) is 2.50. The molecule has 1 fully saturated rings. The van der Waals surface area contributed by atoms with Crippen molar-refractivity contribution in [1.82, 2.24) is 10.3 Å². The van der Waals surface area contributed by atoms with Gasteiger partial charge >= 0.3 is 0 Å². The standard InChI is InChI=1S/C16H27N3O/c1-5-8-17-9-15-6-7-16(18-14(15)4)19-10-12(2)20-13(3)11-19/h6-7,12-13,17H,5,8-11H2,1-4H3/t12-,13+. The van der Waals surface area contributed by atoms with Crippen LogP contribution in [0.3, 0.4) is 0 Å². The molecule has 2 atom stereocenters. The van der Waals surface area contributed by atoms with Gasteiger partial charge in [-0.1, -0.05) is 13.0 Å². The van der Waals surface area contributed by atoms with Gasteiger partial charge in [0.25, 0.3) is 0 Å². The third kappa shape index (κ3) is 3.93. The van der Waals surface area contributed by atoms with Crippen LogP contribution in [0, 0.1) is 6.92 Å². The maximum atomic E-state index is 5.78. The number of pyridine rings is 1. The molecule has 1 saturated heterocycles. The number of aryl methyl sites for hydroxylation is 1. The Balaban J connectivity index is 2.04. The highest BCUT2D eigenvalue weighted by atomic mass is 16.5. The van der Waals surface area contributed by atoms with E-state index in [4.69, 9.17) is 9.72 Å². The average molecular weight is 277 g/mol. The Morgan fingerprint density at radius 1 is 1.30 bits per heavy atom. The number of rotatable bonds is 5. The molecule has 1 aromatic heterocycles. The lowest BCUT2D eigenvalue weighted by molar-refractivity contribution is -0.00546. The Labute approximate surface area is 122 Å². The van der Waals surface area contributed by atoms with E-state index >= 15 is 0 Å². The monoisotopic (exact) mass is 277 g/mol. The van der Waals surface area contributed by atoms with E-state index in [0.29, 0.717) is 0 Å². The summed E-state index contributed by atoms with van der Waals surface area (Å²) in [5.41, 5.74) is 2.41. The van der Waals surface area contributed by atoms with Crippen molar-refractivity contribution in [3.8, 4) is 0 Å². The third-order valence-corrected chi connectivity index (χ3v) is 3.67. The zero-order valence-corrected chi connectivity index (χ0v) is 13.1. The van der Waals surface area contributed by atoms with Gasteiger partial charge in [-0.05, 0) is 45.4 Å². The van der Waals surface area contributed by atoms with Gasteiger partial charge in [0.05, 0.1) is 12.2 Å². The second kappa shape index (κ2) is 7.04. The van der Waals surface area contributed by atoms with Crippen molar-refractivity contribution in [3.63, 3.8) is 0 Å². The second-order valence-corrected chi connectivity index (χ2v) is 5.75. The molecule has 112 valence electrons. The van der Waals surface area contributed by atoms with Crippen LogP contribution in [0.2, 0.25) is 0 Å². The van der Waals surface area contributed by atoms with Crippen LogP contribution in [-0.2, 0) is 11.3 Å². The molecule has 0 radical (unpaired) electrons. The maximum absolute atomic E-state index is 5.78. The Morgan fingerprint density at radius 2 is 2.00 bits per heavy atom. The summed E-state index contributed by atoms with van der Waals surface area (Å²) in [5, 5.41) is 3.43. The van der Waals surface area contributed by atoms with Gasteiger partial charge in [0, 0.05) is 25.3 Å². The summed E-state index contributed by atoms with van der Waals surface area (Å²) in [6.45, 7) is 12.3. The molecule has 2 heterocycles. The van der Waals surface area contributed by atoms with E-state index in [9.17, 15) is 0 Å². The number of hydrogen-bond donors (Lipinski definition) is 1. The van der Waals surface area contributed by atoms with Crippen LogP contribution in [0.5, 0.6) is 0 Å². The molecule has 1 N–H and O–H groups in total. The molecule has 4 nitrogen and oxygen atoms in total. The fraction of sp³-hybridized carbons (Fsp3) is 0.688. The minimum atomic E-state index is 0.270. The lowest BCUT2D eigenvalue weighted by Gasteiger charge is -2.36. The smallest absolute Gasteiger partial charge is 0.128 e. The molecule has 0 unspecified atom stereocenters. The summed E-state index contributed by atoms with van der Waals surface area (Å²) in [5.74, 6) is 1.07. The van der Waals surface area contributed by atoms with Crippen molar-refractivity contribution in [2.75, 3.05) is 24.5 Å². The topological polar surface area (TPSA) is 37.4 Å². The minimum absolute atomic E-state index is 0.270. The number of hydrogen-bond acceptors (Lipinski definition) is 4. The van der Waals surface area contributed by atoms with E-state index < -0.39 is 0 Å². The minimum Gasteiger partial charge on any atom is -0.372 e. The highest BCUT2D eigenvalue weighted by Gasteiger charge is 2.23. The number of morpholine rings is 1. The van der Waals surface area contributed by atoms with E-state index in [0.717, 1.165) is 44.1 Å². The van der Waals surface area contributed by atoms with Gasteiger partial charge in [-0.25, -0.2) is 4.98 Å². The molecule has 1 aromatic rings. The molecule has 2 rings (SSSR count). The highest BCUT2D eigenvalue weighted by Crippen LogP contribution is 2.20. The average Bonchev–Trinajstić information content (AvgIpc) is 2.39. The molecular weight excluding hydrogens is 250 g/mol. The largest absolute Gasteiger partial charge is 0.372 e. The molecule has 4 heteroatoms. The quantitative estimate of drug-likeness (QED) is 0.839. The first-order chi connectivity index (χ1) is 9.60. The number of anilines is 1. The predicted molar refractivity (Wildman–Crippen MR) is 83.2 cm³/mol. The van der Waals surface area contributed by atoms with Crippen LogP contribution in [0.25, 0.3) is 0 Å². The van der Waals surface area contributed by atoms with Gasteiger partial charge in [0.15, 0.2) is 0 Å². The maximum Gasteiger partial charge on any atom is 0.128 e. The molecule has 0 saturated carbocycles. The first-order valence-corrected chi connectivity index (χ1v) is 7.67. The summed E-state index contributed by atoms with van der Waals surface area (Å²) >= 11 is 0. The third-order valence-electron chi connectivity index (χ3n) is 3.67. The van der Waals surface area contributed by atoms with E-state index in [1.807, 2.05) is 0 Å². The first kappa shape index (κ1) is 15.3. The van der Waals surface area contributed by atoms with E-state index in [1.165, 1.54) is 5.56 Å².